The van der Waals surface area contributed by atoms with Crippen molar-refractivity contribution in [2.75, 3.05) is 18.5 Å². The fourth-order valence-corrected chi connectivity index (χ4v) is 5.14. The van der Waals surface area contributed by atoms with Crippen LogP contribution in [0.25, 0.3) is 11.2 Å². The first-order chi connectivity index (χ1) is 13.9. The molecule has 1 saturated heterocycles. The van der Waals surface area contributed by atoms with Crippen molar-refractivity contribution in [3.05, 3.63) is 24.3 Å². The quantitative estimate of drug-likeness (QED) is 0.543. The largest absolute Gasteiger partial charge is 0.394 e. The van der Waals surface area contributed by atoms with Crippen LogP contribution in [0.15, 0.2) is 24.3 Å². The van der Waals surface area contributed by atoms with E-state index in [2.05, 4.69) is 40.2 Å². The lowest BCUT2D eigenvalue weighted by Crippen LogP contribution is -2.49. The highest BCUT2D eigenvalue weighted by Gasteiger charge is 2.51. The molecule has 0 radical (unpaired) electrons. The molecule has 4 aliphatic rings. The first-order valence-electron chi connectivity index (χ1n) is 10.1. The average Bonchev–Trinajstić information content (AvgIpc) is 3.28. The Morgan fingerprint density at radius 2 is 2.07 bits per heavy atom. The molecule has 29 heavy (non-hydrogen) atoms. The van der Waals surface area contributed by atoms with Crippen molar-refractivity contribution in [3.8, 4) is 0 Å². The van der Waals surface area contributed by atoms with Crippen LogP contribution < -0.4 is 5.32 Å². The number of aromatic nitrogens is 4. The number of hydrogen-bond acceptors (Lipinski definition) is 8. The third-order valence-electron chi connectivity index (χ3n) is 7.19. The van der Waals surface area contributed by atoms with Gasteiger partial charge in [-0.3, -0.25) is 4.57 Å². The minimum absolute atomic E-state index is 0.369. The van der Waals surface area contributed by atoms with Gasteiger partial charge in [0.05, 0.1) is 12.9 Å². The van der Waals surface area contributed by atoms with Crippen LogP contribution in [-0.4, -0.2) is 66.3 Å². The van der Waals surface area contributed by atoms with E-state index in [1.807, 2.05) is 0 Å². The van der Waals surface area contributed by atoms with Gasteiger partial charge in [0.2, 0.25) is 0 Å². The van der Waals surface area contributed by atoms with Crippen LogP contribution in [0.2, 0.25) is 0 Å². The molecule has 2 aromatic rings. The second-order valence-electron chi connectivity index (χ2n) is 8.95. The first kappa shape index (κ1) is 18.9. The lowest BCUT2D eigenvalue weighted by atomic mass is 9.49. The van der Waals surface area contributed by atoms with E-state index in [0.717, 1.165) is 12.3 Å². The van der Waals surface area contributed by atoms with E-state index in [1.54, 1.807) is 4.57 Å². The summed E-state index contributed by atoms with van der Waals surface area (Å²) in [7, 11) is 0. The summed E-state index contributed by atoms with van der Waals surface area (Å²) >= 11 is 0. The van der Waals surface area contributed by atoms with Gasteiger partial charge in [0.15, 0.2) is 23.2 Å². The summed E-state index contributed by atoms with van der Waals surface area (Å²) in [5.41, 5.74) is 2.87. The fraction of sp³-hybridized carbons (Fsp3) is 0.650. The molecule has 9 nitrogen and oxygen atoms in total. The molecule has 2 aromatic heterocycles. The van der Waals surface area contributed by atoms with Gasteiger partial charge in [-0.25, -0.2) is 15.0 Å². The van der Waals surface area contributed by atoms with Gasteiger partial charge in [0.1, 0.15) is 24.6 Å². The predicted molar refractivity (Wildman–Crippen MR) is 105 cm³/mol. The minimum atomic E-state index is -1.18. The molecule has 0 spiro atoms. The molecule has 2 fully saturated rings. The Labute approximate surface area is 168 Å². The number of nitrogens with one attached hydrogen (secondary N) is 1. The van der Waals surface area contributed by atoms with E-state index in [0.29, 0.717) is 34.9 Å². The Morgan fingerprint density at radius 1 is 1.24 bits per heavy atom. The third kappa shape index (κ3) is 2.79. The van der Waals surface area contributed by atoms with E-state index in [-0.39, 0.29) is 6.61 Å². The molecule has 6 atom stereocenters. The monoisotopic (exact) mass is 401 g/mol. The summed E-state index contributed by atoms with van der Waals surface area (Å²) in [6, 6.07) is 0. The Hall–Kier alpha value is -2.07. The van der Waals surface area contributed by atoms with Crippen LogP contribution in [0.4, 0.5) is 5.82 Å². The second-order valence-corrected chi connectivity index (χ2v) is 8.95. The highest BCUT2D eigenvalue weighted by molar-refractivity contribution is 5.82. The van der Waals surface area contributed by atoms with Gasteiger partial charge in [0, 0.05) is 6.54 Å². The highest BCUT2D eigenvalue weighted by Crippen LogP contribution is 2.59. The molecule has 4 N–H and O–H groups in total. The number of fused-ring (bicyclic) bond motifs is 2. The van der Waals surface area contributed by atoms with Gasteiger partial charge < -0.3 is 25.4 Å². The van der Waals surface area contributed by atoms with E-state index in [9.17, 15) is 15.3 Å². The lowest BCUT2D eigenvalue weighted by Gasteiger charge is -2.56. The van der Waals surface area contributed by atoms with Crippen LogP contribution in [0.1, 0.15) is 32.9 Å². The zero-order chi connectivity index (χ0) is 20.3. The Bertz CT molecular complexity index is 957. The molecule has 0 aromatic carbocycles. The van der Waals surface area contributed by atoms with Crippen molar-refractivity contribution in [1.29, 1.82) is 0 Å². The van der Waals surface area contributed by atoms with Crippen LogP contribution in [0.3, 0.4) is 0 Å². The SMILES string of the molecule is CC1(C)[C@H]2CC=C(CNc3ncnc4c3ncn4[C@@H]3O[C@H](CO)[C@@H](O)[C@H]3O)[C@@H]1C2. The number of nitrogens with zero attached hydrogens (tertiary/aromatic N) is 4. The summed E-state index contributed by atoms with van der Waals surface area (Å²) in [4.78, 5) is 13.1. The molecule has 3 heterocycles. The summed E-state index contributed by atoms with van der Waals surface area (Å²) in [6.07, 6.45) is 3.65. The average molecular weight is 401 g/mol. The predicted octanol–water partition coefficient (Wildman–Crippen LogP) is 0.842. The van der Waals surface area contributed by atoms with Gasteiger partial charge in [-0.2, -0.15) is 0 Å². The van der Waals surface area contributed by atoms with Crippen molar-refractivity contribution in [2.45, 2.75) is 51.2 Å². The second kappa shape index (κ2) is 6.73. The Morgan fingerprint density at radius 3 is 2.76 bits per heavy atom. The maximum Gasteiger partial charge on any atom is 0.167 e. The van der Waals surface area contributed by atoms with Crippen LogP contribution in [-0.2, 0) is 4.74 Å². The fourth-order valence-electron chi connectivity index (χ4n) is 5.14. The number of ether oxygens (including phenoxy) is 1. The molecule has 6 rings (SSSR count). The highest BCUT2D eigenvalue weighted by atomic mass is 16.6. The standard InChI is InChI=1S/C20H27N5O4/c1-20(2)11-4-3-10(12(20)5-11)6-21-17-14-18(23-8-22-17)25(9-24-14)19-16(28)15(27)13(7-26)29-19/h3,8-9,11-13,15-16,19,26-28H,4-7H2,1-2H3,(H,21,22,23)/t11-,12-,13+,15+,16+,19+/m0/s1. The van der Waals surface area contributed by atoms with Crippen molar-refractivity contribution in [1.82, 2.24) is 19.5 Å². The maximum absolute atomic E-state index is 10.3. The third-order valence-corrected chi connectivity index (χ3v) is 7.19. The molecule has 0 unspecified atom stereocenters. The Kier molecular flexibility index (Phi) is 4.39. The van der Waals surface area contributed by atoms with Gasteiger partial charge in [0.25, 0.3) is 0 Å². The molecule has 3 aliphatic carbocycles. The molecule has 1 saturated carbocycles. The van der Waals surface area contributed by atoms with Crippen LogP contribution >= 0.6 is 0 Å². The van der Waals surface area contributed by atoms with Gasteiger partial charge in [-0.1, -0.05) is 25.5 Å². The van der Waals surface area contributed by atoms with Crippen molar-refractivity contribution >= 4 is 17.0 Å². The normalized spacial score (nSPS) is 35.4. The molecule has 156 valence electrons. The van der Waals surface area contributed by atoms with Crippen LogP contribution in [0.5, 0.6) is 0 Å². The first-order valence-corrected chi connectivity index (χ1v) is 10.1. The number of anilines is 1. The summed E-state index contributed by atoms with van der Waals surface area (Å²) in [5.74, 6) is 2.04. The smallest absolute Gasteiger partial charge is 0.167 e. The molecule has 1 aliphatic heterocycles. The molecule has 9 heteroatoms. The Balaban J connectivity index is 1.38. The molecule has 2 bridgehead atoms. The zero-order valence-electron chi connectivity index (χ0n) is 16.6. The van der Waals surface area contributed by atoms with Gasteiger partial charge in [-0.05, 0) is 30.1 Å². The van der Waals surface area contributed by atoms with Crippen molar-refractivity contribution < 1.29 is 20.1 Å². The zero-order valence-corrected chi connectivity index (χ0v) is 16.6. The van der Waals surface area contributed by atoms with E-state index >= 15 is 0 Å². The molecular formula is C20H27N5O4. The van der Waals surface area contributed by atoms with Gasteiger partial charge >= 0.3 is 0 Å². The summed E-state index contributed by atoms with van der Waals surface area (Å²) < 4.78 is 7.18. The van der Waals surface area contributed by atoms with E-state index in [4.69, 9.17) is 4.74 Å². The van der Waals surface area contributed by atoms with Crippen molar-refractivity contribution in [3.63, 3.8) is 0 Å². The van der Waals surface area contributed by atoms with Crippen molar-refractivity contribution in [2.24, 2.45) is 17.3 Å². The number of imidazole rings is 1. The number of rotatable bonds is 5. The summed E-state index contributed by atoms with van der Waals surface area (Å²) in [5, 5.41) is 33.1. The number of aliphatic hydroxyl groups is 3. The molecular weight excluding hydrogens is 374 g/mol. The summed E-state index contributed by atoms with van der Waals surface area (Å²) in [6.45, 7) is 5.04. The lowest BCUT2D eigenvalue weighted by molar-refractivity contribution is -0.0511. The van der Waals surface area contributed by atoms with E-state index in [1.165, 1.54) is 24.6 Å². The van der Waals surface area contributed by atoms with Crippen LogP contribution in [0, 0.1) is 17.3 Å². The minimum Gasteiger partial charge on any atom is -0.394 e. The number of hydrogen-bond donors (Lipinski definition) is 4. The number of aliphatic hydroxyl groups excluding tert-OH is 3. The number of allylic oxidation sites excluding steroid dienone is 1. The van der Waals surface area contributed by atoms with Gasteiger partial charge in [-0.15, -0.1) is 0 Å². The maximum atomic E-state index is 10.3. The topological polar surface area (TPSA) is 126 Å². The molecule has 0 amide bonds. The van der Waals surface area contributed by atoms with E-state index < -0.39 is 24.5 Å².